The Balaban J connectivity index is 5.24. The Morgan fingerprint density at radius 1 is 0.646 bits per heavy atom. The van der Waals surface area contributed by atoms with Gasteiger partial charge in [-0.3, -0.25) is 13.9 Å². The van der Waals surface area contributed by atoms with Gasteiger partial charge in [0.1, 0.15) is 0 Å². The molecular weight excluding hydrogens is 664 g/mol. The van der Waals surface area contributed by atoms with Crippen LogP contribution in [-0.2, 0) is 36.4 Å². The van der Waals surface area contributed by atoms with Crippen molar-refractivity contribution in [2.24, 2.45) is 0 Å². The highest BCUT2D eigenvalue weighted by atomic mass is 31.2. The molecule has 0 atom stereocenters. The van der Waals surface area contributed by atoms with Crippen molar-refractivity contribution in [3.8, 4) is 0 Å². The summed E-state index contributed by atoms with van der Waals surface area (Å²) in [7, 11) is -11.2. The van der Waals surface area contributed by atoms with Crippen LogP contribution in [0.2, 0.25) is 18.1 Å². The van der Waals surface area contributed by atoms with E-state index < -0.39 is 28.6 Å². The maximum atomic E-state index is 14.8. The van der Waals surface area contributed by atoms with Crippen LogP contribution in [0.5, 0.6) is 0 Å². The van der Waals surface area contributed by atoms with Crippen molar-refractivity contribution >= 4 is 29.4 Å². The van der Waals surface area contributed by atoms with Gasteiger partial charge in [0.25, 0.3) is 5.08 Å². The van der Waals surface area contributed by atoms with E-state index in [1.54, 1.807) is 27.7 Å². The van der Waals surface area contributed by atoms with Gasteiger partial charge in [-0.1, -0.05) is 91.2 Å². The van der Waals surface area contributed by atoms with Gasteiger partial charge >= 0.3 is 15.2 Å². The average molecular weight is 740 g/mol. The van der Waals surface area contributed by atoms with Crippen LogP contribution in [0.25, 0.3) is 0 Å². The summed E-state index contributed by atoms with van der Waals surface area (Å²) < 4.78 is 59.8. The molecule has 0 bridgehead atoms. The lowest BCUT2D eigenvalue weighted by Crippen LogP contribution is -2.51. The fourth-order valence-corrected chi connectivity index (χ4v) is 13.9. The average Bonchev–Trinajstić information content (AvgIpc) is 3.00. The van der Waals surface area contributed by atoms with Gasteiger partial charge < -0.3 is 27.8 Å². The number of allylic oxidation sites excluding steroid dienone is 2. The number of amides is 1. The smallest absolute Gasteiger partial charge is 0.373 e. The van der Waals surface area contributed by atoms with E-state index in [1.807, 2.05) is 13.1 Å². The Morgan fingerprint density at radius 3 is 1.48 bits per heavy atom. The zero-order valence-electron chi connectivity index (χ0n) is 32.7. The molecule has 1 N–H and O–H groups in total. The van der Waals surface area contributed by atoms with E-state index in [9.17, 15) is 13.9 Å². The molecule has 0 fully saturated rings. The second-order valence-corrected chi connectivity index (χ2v) is 23.6. The Labute approximate surface area is 297 Å². The summed E-state index contributed by atoms with van der Waals surface area (Å²) in [6.45, 7) is 19.8. The number of carbonyl (C=O) groups is 1. The lowest BCUT2D eigenvalue weighted by molar-refractivity contribution is -0.121. The topological polar surface area (TPSA) is 109 Å². The summed E-state index contributed by atoms with van der Waals surface area (Å²) in [5.41, 5.74) is 0. The lowest BCUT2D eigenvalue weighted by Gasteiger charge is -2.48. The summed E-state index contributed by atoms with van der Waals surface area (Å²) in [4.78, 5) is 12.7. The van der Waals surface area contributed by atoms with Gasteiger partial charge in [-0.2, -0.15) is 0 Å². The van der Waals surface area contributed by atoms with E-state index in [1.165, 1.54) is 57.8 Å². The van der Waals surface area contributed by atoms with Crippen LogP contribution in [-0.4, -0.2) is 52.3 Å². The monoisotopic (exact) mass is 739 g/mol. The van der Waals surface area contributed by atoms with E-state index in [-0.39, 0.29) is 43.8 Å². The van der Waals surface area contributed by atoms with Gasteiger partial charge in [-0.25, -0.2) is 0 Å². The molecule has 0 aromatic rings. The molecule has 0 spiro atoms. The Hall–Kier alpha value is -0.313. The molecule has 0 radical (unpaired) electrons. The third kappa shape index (κ3) is 16.8. The number of nitrogens with one attached hydrogen (secondary N) is 1. The van der Waals surface area contributed by atoms with Crippen molar-refractivity contribution in [3.05, 3.63) is 12.2 Å². The number of rotatable bonds is 31. The SMILES string of the molecule is CCCCCCCC/C=C\CCCCCCCC(=O)NCCCC(O[Si](C)(C)C(C)(C)C)(P(=O)(OCC)OCC)P(=O)(OCC)OCC. The minimum absolute atomic E-state index is 0.00174. The van der Waals surface area contributed by atoms with Gasteiger partial charge in [0.2, 0.25) is 5.91 Å². The van der Waals surface area contributed by atoms with Crippen molar-refractivity contribution in [1.82, 2.24) is 5.32 Å². The number of carbonyl (C=O) groups excluding carboxylic acids is 1. The van der Waals surface area contributed by atoms with Crippen LogP contribution < -0.4 is 5.32 Å². The first-order valence-electron chi connectivity index (χ1n) is 19.1. The minimum atomic E-state index is -4.24. The highest BCUT2D eigenvalue weighted by Crippen LogP contribution is 2.80. The molecule has 0 aromatic heterocycles. The van der Waals surface area contributed by atoms with Crippen molar-refractivity contribution in [2.75, 3.05) is 33.0 Å². The second kappa shape index (κ2) is 25.6. The van der Waals surface area contributed by atoms with Crippen LogP contribution in [0, 0.1) is 0 Å². The highest BCUT2D eigenvalue weighted by Gasteiger charge is 2.68. The molecule has 0 saturated heterocycles. The van der Waals surface area contributed by atoms with Crippen LogP contribution in [0.1, 0.15) is 158 Å². The van der Waals surface area contributed by atoms with Gasteiger partial charge in [-0.15, -0.1) is 0 Å². The van der Waals surface area contributed by atoms with Crippen LogP contribution in [0.3, 0.4) is 0 Å². The molecule has 0 aliphatic carbocycles. The van der Waals surface area contributed by atoms with Crippen LogP contribution in [0.4, 0.5) is 0 Å². The fourth-order valence-electron chi connectivity index (χ4n) is 5.30. The molecular formula is C36H75NO8P2Si. The van der Waals surface area contributed by atoms with Crippen LogP contribution in [0.15, 0.2) is 12.2 Å². The molecule has 0 saturated carbocycles. The standard InChI is InChI=1S/C36H75NO8P2Si/c1-11-16-17-18-19-20-21-22-23-24-25-26-27-28-29-31-34(38)37-33-30-32-36(45-48(9,10)35(6,7)8,46(39,41-12-2)42-13-3)47(40,43-14-4)44-15-5/h22-23H,11-21,24-33H2,1-10H3,(H,37,38)/b23-22-. The normalized spacial score (nSPS) is 13.5. The molecule has 0 unspecified atom stereocenters. The molecule has 0 aromatic carbocycles. The number of hydrogen-bond donors (Lipinski definition) is 1. The summed E-state index contributed by atoms with van der Waals surface area (Å²) >= 11 is 0. The summed E-state index contributed by atoms with van der Waals surface area (Å²) in [6.07, 6.45) is 21.2. The minimum Gasteiger partial charge on any atom is -0.392 e. The second-order valence-electron chi connectivity index (χ2n) is 14.1. The quantitative estimate of drug-likeness (QED) is 0.0324. The third-order valence-electron chi connectivity index (χ3n) is 8.94. The van der Waals surface area contributed by atoms with Gasteiger partial charge in [-0.05, 0) is 84.4 Å². The fraction of sp³-hybridized carbons (Fsp3) is 0.917. The van der Waals surface area contributed by atoms with E-state index in [0.717, 1.165) is 25.7 Å². The highest BCUT2D eigenvalue weighted by molar-refractivity contribution is 7.74. The van der Waals surface area contributed by atoms with Crippen molar-refractivity contribution < 1.29 is 36.4 Å². The Kier molecular flexibility index (Phi) is 25.4. The Morgan fingerprint density at radius 2 is 1.06 bits per heavy atom. The molecule has 0 rings (SSSR count). The van der Waals surface area contributed by atoms with Crippen molar-refractivity contribution in [1.29, 1.82) is 0 Å². The van der Waals surface area contributed by atoms with E-state index in [0.29, 0.717) is 19.4 Å². The molecule has 1 amide bonds. The molecule has 0 aliphatic rings. The Bertz CT molecular complexity index is 920. The molecule has 0 aliphatic heterocycles. The third-order valence-corrected chi connectivity index (χ3v) is 20.0. The zero-order valence-corrected chi connectivity index (χ0v) is 35.5. The predicted molar refractivity (Wildman–Crippen MR) is 204 cm³/mol. The number of unbranched alkanes of at least 4 members (excludes halogenated alkanes) is 11. The predicted octanol–water partition coefficient (Wildman–Crippen LogP) is 12.1. The lowest BCUT2D eigenvalue weighted by atomic mass is 10.1. The maximum Gasteiger partial charge on any atom is 0.373 e. The molecule has 48 heavy (non-hydrogen) atoms. The largest absolute Gasteiger partial charge is 0.392 e. The van der Waals surface area contributed by atoms with E-state index in [2.05, 4.69) is 45.2 Å². The molecule has 12 heteroatoms. The molecule has 286 valence electrons. The number of hydrogen-bond acceptors (Lipinski definition) is 8. The van der Waals surface area contributed by atoms with Crippen molar-refractivity contribution in [3.63, 3.8) is 0 Å². The van der Waals surface area contributed by atoms with Gasteiger partial charge in [0, 0.05) is 19.4 Å². The van der Waals surface area contributed by atoms with Crippen LogP contribution >= 0.6 is 15.2 Å². The molecule has 9 nitrogen and oxygen atoms in total. The molecule has 0 heterocycles. The first-order chi connectivity index (χ1) is 22.7. The van der Waals surface area contributed by atoms with E-state index >= 15 is 0 Å². The van der Waals surface area contributed by atoms with E-state index in [4.69, 9.17) is 22.5 Å². The van der Waals surface area contributed by atoms with Gasteiger partial charge in [0.15, 0.2) is 8.32 Å². The van der Waals surface area contributed by atoms with Gasteiger partial charge in [0.05, 0.1) is 26.4 Å². The maximum absolute atomic E-state index is 14.8. The summed E-state index contributed by atoms with van der Waals surface area (Å²) in [6, 6.07) is 0. The first kappa shape index (κ1) is 47.7. The summed E-state index contributed by atoms with van der Waals surface area (Å²) in [5, 5.41) is 0.686. The van der Waals surface area contributed by atoms with Crippen molar-refractivity contribution in [2.45, 2.75) is 181 Å². The first-order valence-corrected chi connectivity index (χ1v) is 25.0. The summed E-state index contributed by atoms with van der Waals surface area (Å²) in [5.74, 6) is -0.0286. The zero-order chi connectivity index (χ0) is 36.6.